The summed E-state index contributed by atoms with van der Waals surface area (Å²) in [6.45, 7) is 6.80. The summed E-state index contributed by atoms with van der Waals surface area (Å²) in [5.41, 5.74) is 11.6. The quantitative estimate of drug-likeness (QED) is 0.460. The van der Waals surface area contributed by atoms with Gasteiger partial charge in [0, 0.05) is 25.0 Å². The van der Waals surface area contributed by atoms with Crippen molar-refractivity contribution < 1.29 is 0 Å². The number of hydrogen-bond acceptors (Lipinski definition) is 2. The smallest absolute Gasteiger partial charge is 0.193 e. The summed E-state index contributed by atoms with van der Waals surface area (Å²) in [4.78, 5) is 4.38. The van der Waals surface area contributed by atoms with E-state index in [0.717, 1.165) is 17.8 Å². The van der Waals surface area contributed by atoms with Gasteiger partial charge in [-0.3, -0.25) is 9.67 Å². The van der Waals surface area contributed by atoms with E-state index in [1.165, 1.54) is 16.8 Å². The monoisotopic (exact) mass is 413 g/mol. The molecule has 0 radical (unpaired) electrons. The maximum atomic E-state index is 5.92. The molecule has 1 heterocycles. The standard InChI is InChI=1S/C16H23N5.HI/c1-11-6-5-7-14(10-11)19-16(17)18-9-8-15-12(2)20-21(4)13(15)3;/h5-7,10H,8-9H2,1-4H3,(H3,17,18,19);1H. The molecule has 22 heavy (non-hydrogen) atoms. The van der Waals surface area contributed by atoms with Crippen LogP contribution in [0.4, 0.5) is 5.69 Å². The van der Waals surface area contributed by atoms with Crippen molar-refractivity contribution >= 4 is 35.6 Å². The average Bonchev–Trinajstić information content (AvgIpc) is 2.65. The summed E-state index contributed by atoms with van der Waals surface area (Å²) >= 11 is 0. The molecule has 0 unspecified atom stereocenters. The molecule has 6 heteroatoms. The van der Waals surface area contributed by atoms with E-state index in [1.54, 1.807) is 0 Å². The Morgan fingerprint density at radius 1 is 1.32 bits per heavy atom. The maximum Gasteiger partial charge on any atom is 0.193 e. The molecule has 0 fully saturated rings. The fraction of sp³-hybridized carbons (Fsp3) is 0.375. The number of aliphatic imine (C=N–C) groups is 1. The van der Waals surface area contributed by atoms with E-state index in [-0.39, 0.29) is 24.0 Å². The third-order valence-corrected chi connectivity index (χ3v) is 3.59. The lowest BCUT2D eigenvalue weighted by Gasteiger charge is -2.06. The molecule has 0 saturated carbocycles. The van der Waals surface area contributed by atoms with Crippen molar-refractivity contribution in [1.82, 2.24) is 9.78 Å². The van der Waals surface area contributed by atoms with E-state index in [2.05, 4.69) is 22.3 Å². The molecule has 3 N–H and O–H groups in total. The Morgan fingerprint density at radius 2 is 2.05 bits per heavy atom. The average molecular weight is 413 g/mol. The van der Waals surface area contributed by atoms with Crippen molar-refractivity contribution in [3.05, 3.63) is 46.8 Å². The van der Waals surface area contributed by atoms with Crippen molar-refractivity contribution in [2.75, 3.05) is 11.9 Å². The normalized spacial score (nSPS) is 11.2. The number of guanidine groups is 1. The number of nitrogens with one attached hydrogen (secondary N) is 1. The Morgan fingerprint density at radius 3 is 2.64 bits per heavy atom. The minimum atomic E-state index is 0. The predicted molar refractivity (Wildman–Crippen MR) is 103 cm³/mol. The number of hydrogen-bond donors (Lipinski definition) is 2. The number of rotatable bonds is 4. The highest BCUT2D eigenvalue weighted by Gasteiger charge is 2.08. The number of nitrogens with two attached hydrogens (primary N) is 1. The van der Waals surface area contributed by atoms with Crippen LogP contribution in [0.25, 0.3) is 0 Å². The first-order valence-electron chi connectivity index (χ1n) is 7.10. The van der Waals surface area contributed by atoms with Gasteiger partial charge in [-0.2, -0.15) is 5.10 Å². The van der Waals surface area contributed by atoms with Crippen molar-refractivity contribution in [2.45, 2.75) is 27.2 Å². The highest BCUT2D eigenvalue weighted by Crippen LogP contribution is 2.12. The lowest BCUT2D eigenvalue weighted by molar-refractivity contribution is 0.730. The molecule has 1 aromatic carbocycles. The Labute approximate surface area is 149 Å². The molecule has 0 spiro atoms. The largest absolute Gasteiger partial charge is 0.370 e. The first-order chi connectivity index (χ1) is 9.97. The van der Waals surface area contributed by atoms with Crippen LogP contribution < -0.4 is 11.1 Å². The molecule has 0 aliphatic rings. The van der Waals surface area contributed by atoms with Gasteiger partial charge in [0.1, 0.15) is 0 Å². The zero-order valence-electron chi connectivity index (χ0n) is 13.6. The summed E-state index contributed by atoms with van der Waals surface area (Å²) < 4.78 is 1.91. The van der Waals surface area contributed by atoms with E-state index in [1.807, 2.05) is 49.8 Å². The van der Waals surface area contributed by atoms with Crippen LogP contribution in [-0.2, 0) is 13.5 Å². The molecule has 0 saturated heterocycles. The lowest BCUT2D eigenvalue weighted by atomic mass is 10.1. The summed E-state index contributed by atoms with van der Waals surface area (Å²) in [6, 6.07) is 8.06. The number of benzene rings is 1. The third kappa shape index (κ3) is 4.72. The highest BCUT2D eigenvalue weighted by molar-refractivity contribution is 14.0. The van der Waals surface area contributed by atoms with Gasteiger partial charge in [-0.15, -0.1) is 24.0 Å². The van der Waals surface area contributed by atoms with Crippen molar-refractivity contribution in [2.24, 2.45) is 17.8 Å². The molecule has 0 atom stereocenters. The van der Waals surface area contributed by atoms with Crippen molar-refractivity contribution in [1.29, 1.82) is 0 Å². The topological polar surface area (TPSA) is 68.2 Å². The van der Waals surface area contributed by atoms with Gasteiger partial charge in [0.2, 0.25) is 0 Å². The Bertz CT molecular complexity index is 661. The van der Waals surface area contributed by atoms with Crippen molar-refractivity contribution in [3.8, 4) is 0 Å². The van der Waals surface area contributed by atoms with Crippen LogP contribution in [0.1, 0.15) is 22.5 Å². The van der Waals surface area contributed by atoms with Gasteiger partial charge in [-0.05, 0) is 50.5 Å². The molecule has 2 rings (SSSR count). The fourth-order valence-corrected chi connectivity index (χ4v) is 2.38. The van der Waals surface area contributed by atoms with E-state index >= 15 is 0 Å². The van der Waals surface area contributed by atoms with E-state index in [0.29, 0.717) is 12.5 Å². The minimum absolute atomic E-state index is 0. The van der Waals surface area contributed by atoms with E-state index < -0.39 is 0 Å². The van der Waals surface area contributed by atoms with Gasteiger partial charge in [0.05, 0.1) is 5.69 Å². The number of nitrogens with zero attached hydrogens (tertiary/aromatic N) is 3. The molecule has 0 aliphatic carbocycles. The Balaban J connectivity index is 0.00000242. The number of anilines is 1. The second-order valence-corrected chi connectivity index (χ2v) is 5.28. The van der Waals surface area contributed by atoms with Crippen LogP contribution in [0.15, 0.2) is 29.3 Å². The Hall–Kier alpha value is -1.57. The molecule has 0 aliphatic heterocycles. The minimum Gasteiger partial charge on any atom is -0.370 e. The SMILES string of the molecule is Cc1cccc(NC(N)=NCCc2c(C)nn(C)c2C)c1.I. The fourth-order valence-electron chi connectivity index (χ4n) is 2.38. The molecular formula is C16H24IN5. The number of aryl methyl sites for hydroxylation is 3. The summed E-state index contributed by atoms with van der Waals surface area (Å²) in [5.74, 6) is 0.444. The van der Waals surface area contributed by atoms with Crippen LogP contribution in [0.2, 0.25) is 0 Å². The highest BCUT2D eigenvalue weighted by atomic mass is 127. The van der Waals surface area contributed by atoms with Gasteiger partial charge in [0.25, 0.3) is 0 Å². The molecule has 0 amide bonds. The van der Waals surface area contributed by atoms with Crippen LogP contribution >= 0.6 is 24.0 Å². The van der Waals surface area contributed by atoms with Crippen LogP contribution in [0, 0.1) is 20.8 Å². The number of halogens is 1. The second-order valence-electron chi connectivity index (χ2n) is 5.28. The first-order valence-corrected chi connectivity index (χ1v) is 7.10. The van der Waals surface area contributed by atoms with Gasteiger partial charge in [-0.25, -0.2) is 0 Å². The van der Waals surface area contributed by atoms with Crippen molar-refractivity contribution in [3.63, 3.8) is 0 Å². The van der Waals surface area contributed by atoms with E-state index in [9.17, 15) is 0 Å². The second kappa shape index (κ2) is 8.17. The summed E-state index contributed by atoms with van der Waals surface area (Å²) in [6.07, 6.45) is 0.849. The first kappa shape index (κ1) is 18.5. The zero-order chi connectivity index (χ0) is 15.4. The van der Waals surface area contributed by atoms with Gasteiger partial charge in [-0.1, -0.05) is 12.1 Å². The zero-order valence-corrected chi connectivity index (χ0v) is 15.9. The summed E-state index contributed by atoms with van der Waals surface area (Å²) in [5, 5.41) is 7.52. The number of aromatic nitrogens is 2. The molecule has 0 bridgehead atoms. The van der Waals surface area contributed by atoms with Gasteiger partial charge >= 0.3 is 0 Å². The van der Waals surface area contributed by atoms with Gasteiger partial charge in [0.15, 0.2) is 5.96 Å². The van der Waals surface area contributed by atoms with Crippen LogP contribution in [0.5, 0.6) is 0 Å². The molecule has 2 aromatic rings. The Kier molecular flexibility index (Phi) is 6.86. The van der Waals surface area contributed by atoms with Gasteiger partial charge < -0.3 is 11.1 Å². The summed E-state index contributed by atoms with van der Waals surface area (Å²) in [7, 11) is 1.96. The molecule has 120 valence electrons. The molecule has 5 nitrogen and oxygen atoms in total. The van der Waals surface area contributed by atoms with Crippen LogP contribution in [0.3, 0.4) is 0 Å². The lowest BCUT2D eigenvalue weighted by Crippen LogP contribution is -2.23. The van der Waals surface area contributed by atoms with Crippen LogP contribution in [-0.4, -0.2) is 22.3 Å². The molecular weight excluding hydrogens is 389 g/mol. The van der Waals surface area contributed by atoms with E-state index in [4.69, 9.17) is 5.73 Å². The molecule has 1 aromatic heterocycles. The maximum absolute atomic E-state index is 5.92. The predicted octanol–water partition coefficient (Wildman–Crippen LogP) is 2.93. The third-order valence-electron chi connectivity index (χ3n) is 3.59.